The Hall–Kier alpha value is -5.48. The van der Waals surface area contributed by atoms with Crippen molar-refractivity contribution in [1.82, 2.24) is 15.0 Å². The van der Waals surface area contributed by atoms with Crippen LogP contribution in [-0.2, 0) is 29.0 Å². The fourth-order valence-corrected chi connectivity index (χ4v) is 6.09. The fourth-order valence-electron chi connectivity index (χ4n) is 6.09. The van der Waals surface area contributed by atoms with Gasteiger partial charge >= 0.3 is 0 Å². The van der Waals surface area contributed by atoms with Crippen molar-refractivity contribution in [3.05, 3.63) is 131 Å². The molecule has 0 bridgehead atoms. The molecule has 1 N–H and O–H groups in total. The third kappa shape index (κ3) is 6.07. The van der Waals surface area contributed by atoms with E-state index >= 15 is 0 Å². The van der Waals surface area contributed by atoms with Crippen LogP contribution in [0.5, 0.6) is 11.5 Å². The Bertz CT molecular complexity index is 1870. The third-order valence-electron chi connectivity index (χ3n) is 8.47. The highest BCUT2D eigenvalue weighted by atomic mass is 16.5. The number of aromatic nitrogens is 2. The number of hydrogen-bond acceptors (Lipinski definition) is 9. The average Bonchev–Trinajstić information content (AvgIpc) is 3.72. The van der Waals surface area contributed by atoms with Crippen LogP contribution in [0.4, 0.5) is 0 Å². The van der Waals surface area contributed by atoms with Gasteiger partial charge in [0, 0.05) is 37.1 Å². The molecule has 47 heavy (non-hydrogen) atoms. The maximum Gasteiger partial charge on any atom is 0.257 e. The predicted molar refractivity (Wildman–Crippen MR) is 174 cm³/mol. The van der Waals surface area contributed by atoms with Gasteiger partial charge in [-0.15, -0.1) is 0 Å². The van der Waals surface area contributed by atoms with Crippen LogP contribution >= 0.6 is 0 Å². The van der Waals surface area contributed by atoms with E-state index in [-0.39, 0.29) is 19.1 Å². The van der Waals surface area contributed by atoms with E-state index in [0.717, 1.165) is 33.6 Å². The van der Waals surface area contributed by atoms with Crippen molar-refractivity contribution in [3.8, 4) is 23.0 Å². The van der Waals surface area contributed by atoms with Crippen LogP contribution in [0, 0.1) is 0 Å². The number of carbonyl (C=O) groups excluding carboxylic acids is 1. The molecular weight excluding hydrogens is 596 g/mol. The first-order valence-electron chi connectivity index (χ1n) is 15.5. The van der Waals surface area contributed by atoms with Crippen molar-refractivity contribution in [1.29, 1.82) is 0 Å². The van der Waals surface area contributed by atoms with Crippen LogP contribution < -0.4 is 9.47 Å². The maximum absolute atomic E-state index is 14.9. The Kier molecular flexibility index (Phi) is 8.41. The van der Waals surface area contributed by atoms with Crippen LogP contribution in [0.1, 0.15) is 40.6 Å². The molecule has 0 aliphatic carbocycles. The smallest absolute Gasteiger partial charge is 0.257 e. The Morgan fingerprint density at radius 1 is 0.894 bits per heavy atom. The number of carbonyl (C=O) groups is 1. The number of aliphatic hydroxyl groups excluding tert-OH is 1. The van der Waals surface area contributed by atoms with Crippen LogP contribution in [0.25, 0.3) is 11.5 Å². The van der Waals surface area contributed by atoms with E-state index in [4.69, 9.17) is 28.8 Å². The Balaban J connectivity index is 1.26. The largest absolute Gasteiger partial charge is 0.497 e. The molecule has 2 atom stereocenters. The summed E-state index contributed by atoms with van der Waals surface area (Å²) in [5, 5.41) is 13.3. The van der Waals surface area contributed by atoms with Gasteiger partial charge in [0.1, 0.15) is 11.5 Å². The van der Waals surface area contributed by atoms with E-state index in [1.165, 1.54) is 0 Å². The minimum atomic E-state index is -1.29. The van der Waals surface area contributed by atoms with Crippen LogP contribution in [0.3, 0.4) is 0 Å². The van der Waals surface area contributed by atoms with Gasteiger partial charge in [-0.1, -0.05) is 59.8 Å². The van der Waals surface area contributed by atoms with Crippen LogP contribution in [-0.4, -0.2) is 57.8 Å². The summed E-state index contributed by atoms with van der Waals surface area (Å²) in [7, 11) is 1.61. The molecule has 2 aliphatic heterocycles. The van der Waals surface area contributed by atoms with Crippen molar-refractivity contribution >= 4 is 11.8 Å². The quantitative estimate of drug-likeness (QED) is 0.200. The molecule has 7 rings (SSSR count). The second-order valence-corrected chi connectivity index (χ2v) is 11.6. The van der Waals surface area contributed by atoms with E-state index in [1.54, 1.807) is 12.0 Å². The first-order chi connectivity index (χ1) is 23.1. The van der Waals surface area contributed by atoms with Gasteiger partial charge in [-0.25, -0.2) is 4.99 Å². The molecule has 1 spiro atoms. The highest BCUT2D eigenvalue weighted by Crippen LogP contribution is 2.45. The summed E-state index contributed by atoms with van der Waals surface area (Å²) >= 11 is 0. The zero-order valence-electron chi connectivity index (χ0n) is 25.9. The van der Waals surface area contributed by atoms with Crippen LogP contribution in [0.15, 0.2) is 113 Å². The number of benzene rings is 4. The minimum Gasteiger partial charge on any atom is -0.497 e. The van der Waals surface area contributed by atoms with Crippen molar-refractivity contribution in [2.24, 2.45) is 4.99 Å². The standard InChI is InChI=1S/C37H34N4O6/c1-44-30-16-12-26(13-17-30)34-38-32(40-47-34)24-41-23-29-11-6-5-10-28(29)22-37(36(41)43)33(25-8-3-2-4-9-25)46-35(39-37)27-14-18-31(19-15-27)45-21-7-20-42/h2-6,8-19,33,42H,7,20-24H2,1H3/t33-,37-/m1/s1. The molecule has 1 amide bonds. The van der Waals surface area contributed by atoms with E-state index in [2.05, 4.69) is 16.2 Å². The molecule has 3 heterocycles. The first kappa shape index (κ1) is 30.2. The number of aliphatic hydroxyl groups is 1. The number of rotatable bonds is 10. The van der Waals surface area contributed by atoms with Gasteiger partial charge in [0.25, 0.3) is 11.8 Å². The zero-order valence-corrected chi connectivity index (χ0v) is 25.9. The molecule has 4 aromatic carbocycles. The fraction of sp³-hybridized carbons (Fsp3) is 0.243. The number of fused-ring (bicyclic) bond motifs is 1. The lowest BCUT2D eigenvalue weighted by Gasteiger charge is -2.32. The maximum atomic E-state index is 14.9. The molecule has 238 valence electrons. The zero-order chi connectivity index (χ0) is 32.2. The van der Waals surface area contributed by atoms with Crippen molar-refractivity contribution in [3.63, 3.8) is 0 Å². The minimum absolute atomic E-state index is 0.0659. The molecule has 1 aromatic heterocycles. The number of amides is 1. The second kappa shape index (κ2) is 13.1. The van der Waals surface area contributed by atoms with E-state index < -0.39 is 11.6 Å². The highest BCUT2D eigenvalue weighted by molar-refractivity contribution is 6.01. The summed E-state index contributed by atoms with van der Waals surface area (Å²) < 4.78 is 23.2. The summed E-state index contributed by atoms with van der Waals surface area (Å²) in [6, 6.07) is 32.6. The molecule has 0 saturated carbocycles. The lowest BCUT2D eigenvalue weighted by Crippen LogP contribution is -2.49. The number of ether oxygens (including phenoxy) is 3. The molecular formula is C37H34N4O6. The molecule has 5 aromatic rings. The molecule has 10 nitrogen and oxygen atoms in total. The average molecular weight is 631 g/mol. The number of nitrogens with zero attached hydrogens (tertiary/aromatic N) is 4. The van der Waals surface area contributed by atoms with Gasteiger partial charge in [0.05, 0.1) is 20.3 Å². The monoisotopic (exact) mass is 630 g/mol. The summed E-state index contributed by atoms with van der Waals surface area (Å²) in [6.45, 7) is 0.963. The lowest BCUT2D eigenvalue weighted by atomic mass is 9.82. The number of hydrogen-bond donors (Lipinski definition) is 1. The second-order valence-electron chi connectivity index (χ2n) is 11.6. The van der Waals surface area contributed by atoms with Gasteiger partial charge < -0.3 is 28.7 Å². The van der Waals surface area contributed by atoms with Crippen molar-refractivity contribution in [2.45, 2.75) is 37.6 Å². The number of aliphatic imine (C=N–C) groups is 1. The van der Waals surface area contributed by atoms with E-state index in [9.17, 15) is 4.79 Å². The van der Waals surface area contributed by atoms with Gasteiger partial charge in [-0.2, -0.15) is 4.98 Å². The molecule has 2 aliphatic rings. The van der Waals surface area contributed by atoms with Gasteiger partial charge in [-0.05, 0) is 65.2 Å². The van der Waals surface area contributed by atoms with Crippen molar-refractivity contribution in [2.75, 3.05) is 20.3 Å². The summed E-state index contributed by atoms with van der Waals surface area (Å²) in [6.07, 6.45) is 0.222. The summed E-state index contributed by atoms with van der Waals surface area (Å²) in [5.74, 6) is 2.34. The van der Waals surface area contributed by atoms with Crippen molar-refractivity contribution < 1.29 is 28.6 Å². The molecule has 0 unspecified atom stereocenters. The normalized spacial score (nSPS) is 18.8. The van der Waals surface area contributed by atoms with Gasteiger partial charge in [0.15, 0.2) is 17.5 Å². The SMILES string of the molecule is COc1ccc(-c2nc(CN3Cc4ccccc4C[C@]4(N=C(c5ccc(OCCCO)cc5)O[C@@H]4c4ccccc4)C3=O)no2)cc1. The highest BCUT2D eigenvalue weighted by Gasteiger charge is 2.56. The third-order valence-corrected chi connectivity index (χ3v) is 8.47. The topological polar surface area (TPSA) is 120 Å². The molecule has 0 saturated heterocycles. The van der Waals surface area contributed by atoms with Crippen LogP contribution in [0.2, 0.25) is 0 Å². The Morgan fingerprint density at radius 3 is 2.34 bits per heavy atom. The molecule has 0 radical (unpaired) electrons. The first-order valence-corrected chi connectivity index (χ1v) is 15.5. The predicted octanol–water partition coefficient (Wildman–Crippen LogP) is 5.55. The number of methoxy groups -OCH3 is 1. The Labute approximate surface area is 272 Å². The summed E-state index contributed by atoms with van der Waals surface area (Å²) in [5.41, 5.74) is 3.10. The summed E-state index contributed by atoms with van der Waals surface area (Å²) in [4.78, 5) is 26.5. The molecule has 10 heteroatoms. The van der Waals surface area contributed by atoms with E-state index in [0.29, 0.717) is 49.4 Å². The van der Waals surface area contributed by atoms with Gasteiger partial charge in [0.2, 0.25) is 5.90 Å². The van der Waals surface area contributed by atoms with E-state index in [1.807, 2.05) is 97.1 Å². The lowest BCUT2D eigenvalue weighted by molar-refractivity contribution is -0.140. The Morgan fingerprint density at radius 2 is 1.60 bits per heavy atom. The molecule has 0 fully saturated rings. The van der Waals surface area contributed by atoms with Gasteiger partial charge in [-0.3, -0.25) is 4.79 Å².